The highest BCUT2D eigenvalue weighted by Crippen LogP contribution is 2.21. The lowest BCUT2D eigenvalue weighted by atomic mass is 9.97. The summed E-state index contributed by atoms with van der Waals surface area (Å²) in [4.78, 5) is 12.0. The minimum absolute atomic E-state index is 0.390. The van der Waals surface area contributed by atoms with E-state index in [0.29, 0.717) is 5.92 Å². The Morgan fingerprint density at radius 2 is 2.00 bits per heavy atom. The lowest BCUT2D eigenvalue weighted by molar-refractivity contribution is 0.729. The smallest absolute Gasteiger partial charge is 0.177 e. The Morgan fingerprint density at radius 3 is 2.74 bits per heavy atom. The molecule has 0 saturated carbocycles. The van der Waals surface area contributed by atoms with Gasteiger partial charge in [0.25, 0.3) is 0 Å². The van der Waals surface area contributed by atoms with Crippen LogP contribution in [0.1, 0.15) is 24.2 Å². The zero-order valence-electron chi connectivity index (χ0n) is 10.8. The number of hydrogen-bond donors (Lipinski definition) is 2. The molecule has 2 aromatic heterocycles. The van der Waals surface area contributed by atoms with E-state index in [1.807, 2.05) is 24.3 Å². The Kier molecular flexibility index (Phi) is 2.91. The predicted molar refractivity (Wildman–Crippen MR) is 76.9 cm³/mol. The number of aromatic amines is 1. The Balaban J connectivity index is 1.82. The summed E-state index contributed by atoms with van der Waals surface area (Å²) in [5.41, 5.74) is 9.53. The summed E-state index contributed by atoms with van der Waals surface area (Å²) in [6.45, 7) is 2.19. The number of aromatic nitrogens is 3. The summed E-state index contributed by atoms with van der Waals surface area (Å²) >= 11 is 0. The number of imidazole rings is 1. The molecule has 0 saturated heterocycles. The standard InChI is InChI=1S/C15H16N4/c1-10(11-4-6-12(16)7-5-11)9-14-18-13-3-2-8-17-15(13)19-14/h2-8,10H,9,16H2,1H3,(H,17,18,19). The number of hydrogen-bond acceptors (Lipinski definition) is 3. The first kappa shape index (κ1) is 11.7. The van der Waals surface area contributed by atoms with E-state index >= 15 is 0 Å². The minimum atomic E-state index is 0.390. The van der Waals surface area contributed by atoms with E-state index < -0.39 is 0 Å². The molecule has 96 valence electrons. The van der Waals surface area contributed by atoms with Gasteiger partial charge in [-0.2, -0.15) is 0 Å². The molecule has 0 spiro atoms. The molecule has 3 N–H and O–H groups in total. The summed E-state index contributed by atoms with van der Waals surface area (Å²) in [5.74, 6) is 1.36. The molecule has 0 fully saturated rings. The monoisotopic (exact) mass is 252 g/mol. The van der Waals surface area contributed by atoms with Crippen molar-refractivity contribution in [3.63, 3.8) is 0 Å². The number of nitrogens with zero attached hydrogens (tertiary/aromatic N) is 2. The van der Waals surface area contributed by atoms with Crippen LogP contribution in [0.15, 0.2) is 42.6 Å². The van der Waals surface area contributed by atoms with Gasteiger partial charge in [0, 0.05) is 18.3 Å². The first-order valence-electron chi connectivity index (χ1n) is 6.37. The molecule has 2 heterocycles. The molecule has 0 amide bonds. The van der Waals surface area contributed by atoms with Crippen LogP contribution in [-0.2, 0) is 6.42 Å². The van der Waals surface area contributed by atoms with Crippen molar-refractivity contribution in [2.45, 2.75) is 19.3 Å². The molecule has 1 unspecified atom stereocenters. The molecular formula is C15H16N4. The summed E-state index contributed by atoms with van der Waals surface area (Å²) in [6, 6.07) is 11.9. The van der Waals surface area contributed by atoms with E-state index in [-0.39, 0.29) is 0 Å². The van der Waals surface area contributed by atoms with Crippen LogP contribution in [0.2, 0.25) is 0 Å². The maximum absolute atomic E-state index is 5.70. The maximum Gasteiger partial charge on any atom is 0.177 e. The van der Waals surface area contributed by atoms with Crippen molar-refractivity contribution in [2.24, 2.45) is 0 Å². The maximum atomic E-state index is 5.70. The number of nitrogens with one attached hydrogen (secondary N) is 1. The van der Waals surface area contributed by atoms with Crippen LogP contribution in [0.3, 0.4) is 0 Å². The van der Waals surface area contributed by atoms with Crippen molar-refractivity contribution >= 4 is 16.9 Å². The highest BCUT2D eigenvalue weighted by atomic mass is 15.0. The van der Waals surface area contributed by atoms with Gasteiger partial charge in [0.2, 0.25) is 0 Å². The van der Waals surface area contributed by atoms with Crippen LogP contribution < -0.4 is 5.73 Å². The summed E-state index contributed by atoms with van der Waals surface area (Å²) in [5, 5.41) is 0. The Bertz CT molecular complexity index is 652. The van der Waals surface area contributed by atoms with Gasteiger partial charge in [0.15, 0.2) is 5.65 Å². The molecule has 3 aromatic rings. The quantitative estimate of drug-likeness (QED) is 0.704. The fraction of sp³-hybridized carbons (Fsp3) is 0.200. The fourth-order valence-corrected chi connectivity index (χ4v) is 2.22. The van der Waals surface area contributed by atoms with Crippen LogP contribution in [0.5, 0.6) is 0 Å². The van der Waals surface area contributed by atoms with Crippen LogP contribution in [-0.4, -0.2) is 15.0 Å². The number of nitrogen functional groups attached to an aromatic ring is 1. The lowest BCUT2D eigenvalue weighted by Gasteiger charge is -2.10. The van der Waals surface area contributed by atoms with Gasteiger partial charge in [-0.05, 0) is 35.7 Å². The van der Waals surface area contributed by atoms with E-state index in [2.05, 4.69) is 34.0 Å². The summed E-state index contributed by atoms with van der Waals surface area (Å²) in [7, 11) is 0. The van der Waals surface area contributed by atoms with E-state index in [1.165, 1.54) is 5.56 Å². The molecule has 1 atom stereocenters. The third kappa shape index (κ3) is 2.42. The van der Waals surface area contributed by atoms with E-state index in [4.69, 9.17) is 5.73 Å². The first-order valence-corrected chi connectivity index (χ1v) is 6.37. The van der Waals surface area contributed by atoms with Crippen LogP contribution in [0.4, 0.5) is 5.69 Å². The van der Waals surface area contributed by atoms with E-state index in [0.717, 1.165) is 29.1 Å². The van der Waals surface area contributed by atoms with Crippen LogP contribution >= 0.6 is 0 Å². The van der Waals surface area contributed by atoms with Crippen molar-refractivity contribution in [3.05, 3.63) is 54.0 Å². The topological polar surface area (TPSA) is 67.6 Å². The zero-order valence-corrected chi connectivity index (χ0v) is 10.8. The number of pyridine rings is 1. The van der Waals surface area contributed by atoms with Gasteiger partial charge in [0.05, 0.1) is 5.52 Å². The molecule has 4 heteroatoms. The summed E-state index contributed by atoms with van der Waals surface area (Å²) < 4.78 is 0. The second kappa shape index (κ2) is 4.72. The summed E-state index contributed by atoms with van der Waals surface area (Å²) in [6.07, 6.45) is 2.62. The Morgan fingerprint density at radius 1 is 1.21 bits per heavy atom. The molecule has 0 bridgehead atoms. The molecular weight excluding hydrogens is 236 g/mol. The predicted octanol–water partition coefficient (Wildman–Crippen LogP) is 2.89. The SMILES string of the molecule is CC(Cc1nc2ncccc2[nH]1)c1ccc(N)cc1. The average Bonchev–Trinajstić information content (AvgIpc) is 2.81. The van der Waals surface area contributed by atoms with Crippen molar-refractivity contribution in [1.29, 1.82) is 0 Å². The number of H-pyrrole nitrogens is 1. The Hall–Kier alpha value is -2.36. The third-order valence-electron chi connectivity index (χ3n) is 3.31. The van der Waals surface area contributed by atoms with E-state index in [1.54, 1.807) is 6.20 Å². The van der Waals surface area contributed by atoms with Gasteiger partial charge in [-0.15, -0.1) is 0 Å². The first-order chi connectivity index (χ1) is 9.22. The van der Waals surface area contributed by atoms with Crippen LogP contribution in [0, 0.1) is 0 Å². The molecule has 4 nitrogen and oxygen atoms in total. The number of anilines is 1. The normalized spacial score (nSPS) is 12.7. The van der Waals surface area contributed by atoms with Gasteiger partial charge < -0.3 is 10.7 Å². The molecule has 0 radical (unpaired) electrons. The largest absolute Gasteiger partial charge is 0.399 e. The third-order valence-corrected chi connectivity index (χ3v) is 3.31. The van der Waals surface area contributed by atoms with Gasteiger partial charge in [-0.3, -0.25) is 0 Å². The fourth-order valence-electron chi connectivity index (χ4n) is 2.22. The Labute approximate surface area is 111 Å². The molecule has 0 aliphatic carbocycles. The van der Waals surface area contributed by atoms with Crippen molar-refractivity contribution in [1.82, 2.24) is 15.0 Å². The van der Waals surface area contributed by atoms with Crippen molar-refractivity contribution in [3.8, 4) is 0 Å². The highest BCUT2D eigenvalue weighted by Gasteiger charge is 2.10. The molecule has 0 aliphatic heterocycles. The molecule has 19 heavy (non-hydrogen) atoms. The van der Waals surface area contributed by atoms with Gasteiger partial charge >= 0.3 is 0 Å². The van der Waals surface area contributed by atoms with Gasteiger partial charge in [0.1, 0.15) is 5.82 Å². The second-order valence-electron chi connectivity index (χ2n) is 4.83. The number of nitrogens with two attached hydrogens (primary N) is 1. The second-order valence-corrected chi connectivity index (χ2v) is 4.83. The lowest BCUT2D eigenvalue weighted by Crippen LogP contribution is -2.00. The van der Waals surface area contributed by atoms with E-state index in [9.17, 15) is 0 Å². The van der Waals surface area contributed by atoms with Crippen LogP contribution in [0.25, 0.3) is 11.2 Å². The highest BCUT2D eigenvalue weighted by molar-refractivity contribution is 5.69. The average molecular weight is 252 g/mol. The van der Waals surface area contributed by atoms with Gasteiger partial charge in [-0.25, -0.2) is 9.97 Å². The molecule has 3 rings (SSSR count). The zero-order chi connectivity index (χ0) is 13.2. The number of benzene rings is 1. The molecule has 1 aromatic carbocycles. The van der Waals surface area contributed by atoms with Gasteiger partial charge in [-0.1, -0.05) is 19.1 Å². The minimum Gasteiger partial charge on any atom is -0.399 e. The van der Waals surface area contributed by atoms with Crippen molar-refractivity contribution < 1.29 is 0 Å². The molecule has 0 aliphatic rings. The number of fused-ring (bicyclic) bond motifs is 1. The number of rotatable bonds is 3. The van der Waals surface area contributed by atoms with Crippen molar-refractivity contribution in [2.75, 3.05) is 5.73 Å².